The van der Waals surface area contributed by atoms with Gasteiger partial charge in [-0.3, -0.25) is 9.36 Å². The average Bonchev–Trinajstić information content (AvgIpc) is 3.28. The number of hydrogen-bond acceptors (Lipinski definition) is 5. The molecule has 7 nitrogen and oxygen atoms in total. The molecule has 0 saturated carbocycles. The Hall–Kier alpha value is -3.26. The normalized spacial score (nSPS) is 16.5. The molecule has 1 fully saturated rings. The lowest BCUT2D eigenvalue weighted by Crippen LogP contribution is -2.50. The third-order valence-corrected chi connectivity index (χ3v) is 7.82. The molecule has 0 aliphatic carbocycles. The van der Waals surface area contributed by atoms with Crippen LogP contribution in [0.1, 0.15) is 48.3 Å². The van der Waals surface area contributed by atoms with Crippen molar-refractivity contribution in [3.63, 3.8) is 0 Å². The molecule has 1 amide bonds. The maximum atomic E-state index is 13.3. The fourth-order valence-electron chi connectivity index (χ4n) is 5.08. The predicted octanol–water partition coefficient (Wildman–Crippen LogP) is 4.50. The molecule has 5 rings (SSSR count). The lowest BCUT2D eigenvalue weighted by Gasteiger charge is -2.45. The van der Waals surface area contributed by atoms with E-state index in [1.165, 1.54) is 6.26 Å². The molecule has 1 aromatic heterocycles. The predicted molar refractivity (Wildman–Crippen MR) is 133 cm³/mol. The number of aryl methyl sites for hydroxylation is 1. The second-order valence-electron chi connectivity index (χ2n) is 9.67. The van der Waals surface area contributed by atoms with E-state index < -0.39 is 15.4 Å². The van der Waals surface area contributed by atoms with Gasteiger partial charge in [-0.05, 0) is 68.8 Å². The zero-order valence-corrected chi connectivity index (χ0v) is 21.3. The van der Waals surface area contributed by atoms with Crippen molar-refractivity contribution >= 4 is 15.7 Å². The van der Waals surface area contributed by atoms with Gasteiger partial charge in [0.25, 0.3) is 5.91 Å². The van der Waals surface area contributed by atoms with Crippen molar-refractivity contribution in [1.29, 1.82) is 0 Å². The number of rotatable bonds is 4. The summed E-state index contributed by atoms with van der Waals surface area (Å²) in [4.78, 5) is 15.1. The van der Waals surface area contributed by atoms with Gasteiger partial charge in [0.05, 0.1) is 17.5 Å². The minimum Gasteiger partial charge on any atom is -0.491 e. The lowest BCUT2D eigenvalue weighted by atomic mass is 9.86. The van der Waals surface area contributed by atoms with E-state index >= 15 is 0 Å². The van der Waals surface area contributed by atoms with Crippen molar-refractivity contribution in [3.8, 4) is 17.2 Å². The fraction of sp³-hybridized carbons (Fsp3) is 0.370. The van der Waals surface area contributed by atoms with E-state index in [0.29, 0.717) is 37.2 Å². The van der Waals surface area contributed by atoms with Gasteiger partial charge in [0, 0.05) is 37.8 Å². The Kier molecular flexibility index (Phi) is 5.67. The molecule has 8 heteroatoms. The van der Waals surface area contributed by atoms with Gasteiger partial charge in [-0.2, -0.15) is 0 Å². The van der Waals surface area contributed by atoms with Crippen molar-refractivity contribution in [2.45, 2.75) is 50.3 Å². The SMILES string of the molecule is Cc1cc(C(=O)N2CCC3(CC2)Oc2ccccc2-n2c3ccc2S(C)(=O)=O)ccc1OC(C)C. The highest BCUT2D eigenvalue weighted by atomic mass is 32.2. The van der Waals surface area contributed by atoms with Gasteiger partial charge in [-0.25, -0.2) is 8.42 Å². The summed E-state index contributed by atoms with van der Waals surface area (Å²) in [5.74, 6) is 1.41. The van der Waals surface area contributed by atoms with Crippen LogP contribution in [0.15, 0.2) is 59.6 Å². The molecule has 0 N–H and O–H groups in total. The second-order valence-corrected chi connectivity index (χ2v) is 11.6. The Morgan fingerprint density at radius 3 is 2.43 bits per heavy atom. The van der Waals surface area contributed by atoms with E-state index in [9.17, 15) is 13.2 Å². The van der Waals surface area contributed by atoms with Gasteiger partial charge in [-0.15, -0.1) is 0 Å². The molecule has 0 atom stereocenters. The highest BCUT2D eigenvalue weighted by Gasteiger charge is 2.46. The second kappa shape index (κ2) is 8.45. The quantitative estimate of drug-likeness (QED) is 0.534. The number of aromatic nitrogens is 1. The number of amides is 1. The highest BCUT2D eigenvalue weighted by Crippen LogP contribution is 2.46. The topological polar surface area (TPSA) is 77.8 Å². The molecule has 0 bridgehead atoms. The number of carbonyl (C=O) groups is 1. The Labute approximate surface area is 206 Å². The highest BCUT2D eigenvalue weighted by molar-refractivity contribution is 7.90. The van der Waals surface area contributed by atoms with Crippen molar-refractivity contribution in [3.05, 3.63) is 71.4 Å². The van der Waals surface area contributed by atoms with E-state index in [2.05, 4.69) is 0 Å². The number of piperidine rings is 1. The Bertz CT molecular complexity index is 1400. The van der Waals surface area contributed by atoms with Gasteiger partial charge >= 0.3 is 0 Å². The van der Waals surface area contributed by atoms with Gasteiger partial charge in [0.2, 0.25) is 0 Å². The van der Waals surface area contributed by atoms with E-state index in [1.54, 1.807) is 6.07 Å². The van der Waals surface area contributed by atoms with Crippen LogP contribution in [0.25, 0.3) is 5.69 Å². The lowest BCUT2D eigenvalue weighted by molar-refractivity contribution is -0.00994. The number of likely N-dealkylation sites (tertiary alicyclic amines) is 1. The number of sulfone groups is 1. The van der Waals surface area contributed by atoms with Crippen LogP contribution in [-0.2, 0) is 15.4 Å². The van der Waals surface area contributed by atoms with Crippen LogP contribution >= 0.6 is 0 Å². The molecule has 2 aromatic carbocycles. The number of benzene rings is 2. The summed E-state index contributed by atoms with van der Waals surface area (Å²) >= 11 is 0. The number of carbonyl (C=O) groups excluding carboxylic acids is 1. The van der Waals surface area contributed by atoms with Crippen LogP contribution in [0, 0.1) is 6.92 Å². The summed E-state index contributed by atoms with van der Waals surface area (Å²) in [6.07, 6.45) is 2.42. The van der Waals surface area contributed by atoms with Crippen molar-refractivity contribution in [1.82, 2.24) is 9.47 Å². The first-order chi connectivity index (χ1) is 16.6. The van der Waals surface area contributed by atoms with Gasteiger partial charge in [-0.1, -0.05) is 12.1 Å². The van der Waals surface area contributed by atoms with Gasteiger partial charge in [0.1, 0.15) is 16.5 Å². The molecule has 0 radical (unpaired) electrons. The van der Waals surface area contributed by atoms with Crippen molar-refractivity contribution in [2.75, 3.05) is 19.3 Å². The first-order valence-electron chi connectivity index (χ1n) is 11.9. The number of hydrogen-bond donors (Lipinski definition) is 0. The van der Waals surface area contributed by atoms with Gasteiger partial charge in [0.15, 0.2) is 15.4 Å². The summed E-state index contributed by atoms with van der Waals surface area (Å²) in [5.41, 5.74) is 2.40. The molecular formula is C27H30N2O5S. The molecule has 3 heterocycles. The largest absolute Gasteiger partial charge is 0.491 e. The molecule has 3 aromatic rings. The minimum absolute atomic E-state index is 0.0255. The summed E-state index contributed by atoms with van der Waals surface area (Å²) in [6.45, 7) is 6.90. The van der Waals surface area contributed by atoms with Crippen LogP contribution in [0.3, 0.4) is 0 Å². The summed E-state index contributed by atoms with van der Waals surface area (Å²) in [7, 11) is -3.44. The summed E-state index contributed by atoms with van der Waals surface area (Å²) < 4.78 is 39.2. The molecule has 184 valence electrons. The molecule has 2 aliphatic rings. The molecule has 0 unspecified atom stereocenters. The Morgan fingerprint density at radius 1 is 1.06 bits per heavy atom. The third-order valence-electron chi connectivity index (χ3n) is 6.75. The smallest absolute Gasteiger partial charge is 0.253 e. The maximum Gasteiger partial charge on any atom is 0.253 e. The number of nitrogens with zero attached hydrogens (tertiary/aromatic N) is 2. The number of ether oxygens (including phenoxy) is 2. The summed E-state index contributed by atoms with van der Waals surface area (Å²) in [6, 6.07) is 16.5. The van der Waals surface area contributed by atoms with Crippen LogP contribution in [0.5, 0.6) is 11.5 Å². The zero-order chi connectivity index (χ0) is 25.0. The molecular weight excluding hydrogens is 464 g/mol. The standard InChI is InChI=1S/C27H30N2O5S/c1-18(2)33-22-10-9-20(17-19(22)3)26(30)28-15-13-27(14-16-28)24-11-12-25(35(4,31)32)29(24)21-7-5-6-8-23(21)34-27/h5-12,17-18H,13-16H2,1-4H3. The maximum absolute atomic E-state index is 13.3. The van der Waals surface area contributed by atoms with Crippen LogP contribution < -0.4 is 9.47 Å². The van der Waals surface area contributed by atoms with E-state index in [-0.39, 0.29) is 17.0 Å². The minimum atomic E-state index is -3.44. The van der Waals surface area contributed by atoms with Crippen LogP contribution in [0.2, 0.25) is 0 Å². The number of fused-ring (bicyclic) bond motifs is 4. The van der Waals surface area contributed by atoms with E-state index in [1.807, 2.05) is 78.8 Å². The zero-order valence-electron chi connectivity index (χ0n) is 20.4. The first kappa shape index (κ1) is 23.5. The van der Waals surface area contributed by atoms with Crippen LogP contribution in [0.4, 0.5) is 0 Å². The van der Waals surface area contributed by atoms with Crippen molar-refractivity contribution < 1.29 is 22.7 Å². The fourth-order valence-corrected chi connectivity index (χ4v) is 5.93. The van der Waals surface area contributed by atoms with Gasteiger partial charge < -0.3 is 14.4 Å². The van der Waals surface area contributed by atoms with E-state index in [4.69, 9.17) is 9.47 Å². The van der Waals surface area contributed by atoms with E-state index in [0.717, 1.165) is 22.7 Å². The summed E-state index contributed by atoms with van der Waals surface area (Å²) in [5, 5.41) is 0.250. The molecule has 35 heavy (non-hydrogen) atoms. The third kappa shape index (κ3) is 4.10. The van der Waals surface area contributed by atoms with Crippen LogP contribution in [-0.4, -0.2) is 49.2 Å². The van der Waals surface area contributed by atoms with Crippen molar-refractivity contribution in [2.24, 2.45) is 0 Å². The molecule has 2 aliphatic heterocycles. The average molecular weight is 495 g/mol. The first-order valence-corrected chi connectivity index (χ1v) is 13.8. The molecule has 1 saturated heterocycles. The Balaban J connectivity index is 1.42. The number of para-hydroxylation sites is 2. The molecule has 1 spiro atoms. The monoisotopic (exact) mass is 494 g/mol. The Morgan fingerprint density at radius 2 is 1.77 bits per heavy atom.